The van der Waals surface area contributed by atoms with Crippen LogP contribution in [-0.4, -0.2) is 101 Å². The van der Waals surface area contributed by atoms with Gasteiger partial charge in [-0.3, -0.25) is 10.1 Å². The van der Waals surface area contributed by atoms with Crippen LogP contribution in [0.15, 0.2) is 121 Å². The molecule has 2 saturated heterocycles. The van der Waals surface area contributed by atoms with Crippen molar-refractivity contribution in [2.24, 2.45) is 0 Å². The van der Waals surface area contributed by atoms with Gasteiger partial charge in [0.25, 0.3) is 0 Å². The molecule has 5 aliphatic rings. The second kappa shape index (κ2) is 49.4. The van der Waals surface area contributed by atoms with E-state index in [4.69, 9.17) is 68.3 Å². The molecule has 10 nitrogen and oxygen atoms in total. The maximum Gasteiger partial charge on any atom is 0.194 e. The average molecular weight is 1920 g/mol. The quantitative estimate of drug-likeness (QED) is 0.0239. The van der Waals surface area contributed by atoms with E-state index in [1.807, 2.05) is 128 Å². The van der Waals surface area contributed by atoms with Crippen molar-refractivity contribution in [2.45, 2.75) is 256 Å². The summed E-state index contributed by atoms with van der Waals surface area (Å²) in [5.41, 5.74) is 28.5. The van der Waals surface area contributed by atoms with Gasteiger partial charge in [0.2, 0.25) is 0 Å². The summed E-state index contributed by atoms with van der Waals surface area (Å²) in [5.74, 6) is 2.92. The number of hydrogen-bond acceptors (Lipinski definition) is 6. The summed E-state index contributed by atoms with van der Waals surface area (Å²) in [5, 5.41) is 8.81. The van der Waals surface area contributed by atoms with Crippen LogP contribution in [0, 0.1) is 107 Å². The Labute approximate surface area is 710 Å². The third-order valence-corrected chi connectivity index (χ3v) is 30.3. The summed E-state index contributed by atoms with van der Waals surface area (Å²) in [4.78, 5) is 17.9. The molecule has 111 heavy (non-hydrogen) atoms. The van der Waals surface area contributed by atoms with Crippen molar-refractivity contribution < 1.29 is 59.7 Å². The first-order valence-electron chi connectivity index (χ1n) is 39.6. The minimum absolute atomic E-state index is 0.0465. The molecule has 0 aromatic heterocycles. The molecular weight excluding hydrogens is 1790 g/mol. The Balaban J connectivity index is 0.000000208. The van der Waals surface area contributed by atoms with Gasteiger partial charge in [0.15, 0.2) is 7.05 Å². The molecule has 7 aromatic carbocycles. The van der Waals surface area contributed by atoms with E-state index in [1.165, 1.54) is 106 Å². The number of benzene rings is 7. The maximum absolute atomic E-state index is 8.81. The maximum atomic E-state index is 8.81. The van der Waals surface area contributed by atoms with E-state index in [-0.39, 0.29) is 26.2 Å². The number of hydrogen-bond donors (Lipinski definition) is 0. The van der Waals surface area contributed by atoms with Gasteiger partial charge in [-0.15, -0.1) is 0 Å². The van der Waals surface area contributed by atoms with E-state index in [9.17, 15) is 0 Å². The summed E-state index contributed by atoms with van der Waals surface area (Å²) in [6.45, 7) is 47.4. The second-order valence-corrected chi connectivity index (χ2v) is 51.8. The van der Waals surface area contributed by atoms with E-state index in [0.717, 1.165) is 67.2 Å². The average Bonchev–Trinajstić information content (AvgIpc) is 1.67. The largest absolute Gasteiger partial charge is 0.502 e. The Kier molecular flexibility index (Phi) is 42.8. The number of anilines is 4. The number of para-hydroxylation sites is 3. The monoisotopic (exact) mass is 1920 g/mol. The standard InChI is InChI=1S/2C21H27N2.C18H33P.3C10H12O.CH3NO2.6ClH.3Ru/c2*1-14-9-16(3)20(17(4)10-14)22-7-8-23(13-22)21-18(5)11-15(2)12-19(21)6;1-4-10-16(11-5-1)19(17-12-6-2-7-13-17)18-14-8-3-9-15-18;3*1-8(2)11-10-7-5-4-6-9(10)3;1-2(3)4;;;;;;;;;/h2*9-13H,7-8H2,1-6H3;16-18H,1-15H2;3*3-8H,1-2H3;1H3;6*1H;;;/q2*-1;;;;;;;;;;;;3*+2/p-2. The number of halogens is 6. The van der Waals surface area contributed by atoms with E-state index in [0.29, 0.717) is 0 Å². The number of rotatable bonds is 16. The molecule has 0 amide bonds. The Morgan fingerprint density at radius 1 is 0.378 bits per heavy atom. The summed E-state index contributed by atoms with van der Waals surface area (Å²) in [7, 11) is 35.8. The van der Waals surface area contributed by atoms with Gasteiger partial charge in [0, 0.05) is 61.8 Å². The van der Waals surface area contributed by atoms with Crippen molar-refractivity contribution in [3.8, 4) is 17.2 Å². The molecular formula is C91H130Cl6N5O5PRu3+2. The molecule has 0 atom stereocenters. The zero-order valence-electron chi connectivity index (χ0n) is 69.6. The van der Waals surface area contributed by atoms with Crippen LogP contribution in [0.4, 0.5) is 22.7 Å². The summed E-state index contributed by atoms with van der Waals surface area (Å²) >= 11 is -5.25. The molecule has 20 heteroatoms. The molecule has 2 aliphatic heterocycles. The summed E-state index contributed by atoms with van der Waals surface area (Å²) in [6.07, 6.45) is 24.7. The van der Waals surface area contributed by atoms with Crippen molar-refractivity contribution in [1.82, 2.24) is 0 Å². The van der Waals surface area contributed by atoms with Crippen LogP contribution in [0.25, 0.3) is 0 Å². The molecule has 0 bridgehead atoms. The van der Waals surface area contributed by atoms with Crippen molar-refractivity contribution >= 4 is 103 Å². The minimum atomic E-state index is -1.75. The number of nitro groups is 1. The van der Waals surface area contributed by atoms with Crippen LogP contribution in [0.3, 0.4) is 0 Å². The number of aromatic hydroxyl groups is 3. The van der Waals surface area contributed by atoms with Crippen molar-refractivity contribution in [2.75, 3.05) is 52.8 Å². The van der Waals surface area contributed by atoms with Gasteiger partial charge in [0.1, 0.15) is 0 Å². The predicted molar refractivity (Wildman–Crippen MR) is 483 cm³/mol. The van der Waals surface area contributed by atoms with Gasteiger partial charge < -0.3 is 19.6 Å². The van der Waals surface area contributed by atoms with Gasteiger partial charge in [-0.1, -0.05) is 90.0 Å². The molecule has 0 radical (unpaired) electrons. The Bertz CT molecular complexity index is 3610. The van der Waals surface area contributed by atoms with E-state index >= 15 is 0 Å². The fourth-order valence-corrected chi connectivity index (χ4v) is 27.3. The zero-order valence-corrected chi connectivity index (χ0v) is 80.3. The molecule has 0 unspecified atom stereocenters. The molecule has 0 spiro atoms. The van der Waals surface area contributed by atoms with Crippen LogP contribution < -0.4 is 19.6 Å². The van der Waals surface area contributed by atoms with Gasteiger partial charge in [0.05, 0.1) is 17.0 Å². The first-order valence-corrected chi connectivity index (χ1v) is 57.8. The van der Waals surface area contributed by atoms with E-state index in [2.05, 4.69) is 179 Å². The van der Waals surface area contributed by atoms with Crippen molar-refractivity contribution in [1.29, 1.82) is 0 Å². The Morgan fingerprint density at radius 2 is 0.568 bits per heavy atom. The Hall–Kier alpha value is -3.81. The zero-order chi connectivity index (χ0) is 81.6. The molecule has 2 heterocycles. The van der Waals surface area contributed by atoms with Gasteiger partial charge in [-0.25, -0.2) is 0 Å². The van der Waals surface area contributed by atoms with Crippen LogP contribution in [0.1, 0.15) is 221 Å². The normalized spacial score (nSPS) is 15.6. The van der Waals surface area contributed by atoms with Gasteiger partial charge in [-0.05, 0) is 205 Å². The third kappa shape index (κ3) is 32.9. The smallest absolute Gasteiger partial charge is 0.194 e. The second-order valence-electron chi connectivity index (χ2n) is 31.2. The molecule has 3 N–H and O–H groups in total. The molecule has 3 saturated carbocycles. The molecule has 7 aromatic rings. The Morgan fingerprint density at radius 3 is 0.748 bits per heavy atom. The van der Waals surface area contributed by atoms with Crippen LogP contribution in [0.5, 0.6) is 17.2 Å². The third-order valence-electron chi connectivity index (χ3n) is 20.2. The van der Waals surface area contributed by atoms with Crippen molar-refractivity contribution in [3.05, 3.63) is 228 Å². The molecule has 5 fully saturated rings. The fraction of sp³-hybridized carbons (Fsp3) is 0.484. The fourth-order valence-electron chi connectivity index (χ4n) is 16.6. The summed E-state index contributed by atoms with van der Waals surface area (Å²) in [6, 6.07) is 42.0. The number of ether oxygens (including phenoxy) is 3. The van der Waals surface area contributed by atoms with E-state index < -0.39 is 45.5 Å². The first-order chi connectivity index (χ1) is 52.7. The SMILES string of the molecule is C1CCC([PH+](C2CCCCC2)C2CCCCC2)CC1.CC(C)[OH+]c1ccccc1[CH]=[Ru]([Cl])[Cl].CC(C)[OH+]c1ccccc1[CH]=[Ru]([Cl])[Cl].CC(C)[OH+]c1ccccc1[CH]=[Ru]([Cl])[Cl].C[N+](=O)[O-].Cc1cc(C)c(N2[CH-]N(c3c(C)cc(C)cc3C)CC2)c(C)c1.Cc1cc(C)c(N2[CH-]N(c3c(C)cc(C)cc3C)CC2)c(C)c1. The molecule has 3 aliphatic carbocycles. The number of nitrogens with zero attached hydrogens (tertiary/aromatic N) is 5. The first kappa shape index (κ1) is 96.0. The van der Waals surface area contributed by atoms with Gasteiger partial charge in [-0.2, -0.15) is 13.3 Å². The van der Waals surface area contributed by atoms with E-state index in [1.54, 1.807) is 96.3 Å². The number of aryl methyl sites for hydroxylation is 12. The topological polar surface area (TPSA) is 94.5 Å². The summed E-state index contributed by atoms with van der Waals surface area (Å²) < 4.78 is 19.2. The van der Waals surface area contributed by atoms with Gasteiger partial charge >= 0.3 is 293 Å². The number of aliphatic hydroxyl groups is 3. The molecule has 12 rings (SSSR count). The van der Waals surface area contributed by atoms with Crippen molar-refractivity contribution in [3.63, 3.8) is 0 Å². The van der Waals surface area contributed by atoms with Crippen LogP contribution >= 0.6 is 66.1 Å². The minimum Gasteiger partial charge on any atom is -0.502 e. The predicted octanol–water partition coefficient (Wildman–Crippen LogP) is 26.3. The molecule has 618 valence electrons. The van der Waals surface area contributed by atoms with Crippen LogP contribution in [0.2, 0.25) is 0 Å². The van der Waals surface area contributed by atoms with Crippen LogP contribution in [-0.2, 0) is 40.6 Å².